The molecule has 0 bridgehead atoms. The summed E-state index contributed by atoms with van der Waals surface area (Å²) in [5.41, 5.74) is 9.47. The van der Waals surface area contributed by atoms with E-state index in [1.807, 2.05) is 78.9 Å². The van der Waals surface area contributed by atoms with E-state index >= 15 is 0 Å². The van der Waals surface area contributed by atoms with Crippen LogP contribution in [-0.2, 0) is 42.7 Å². The Labute approximate surface area is 343 Å². The Hall–Kier alpha value is -1.41. The van der Waals surface area contributed by atoms with E-state index in [1.54, 1.807) is 0 Å². The van der Waals surface area contributed by atoms with Crippen LogP contribution in [0.15, 0.2) is 109 Å². The Morgan fingerprint density at radius 1 is 0.540 bits per heavy atom. The summed E-state index contributed by atoms with van der Waals surface area (Å²) in [4.78, 5) is 0. The summed E-state index contributed by atoms with van der Waals surface area (Å²) < 4.78 is -1.66. The van der Waals surface area contributed by atoms with Crippen molar-refractivity contribution in [2.75, 3.05) is 0 Å². The van der Waals surface area contributed by atoms with Gasteiger partial charge < -0.3 is 0 Å². The van der Waals surface area contributed by atoms with Crippen LogP contribution in [0.2, 0.25) is 0 Å². The van der Waals surface area contributed by atoms with E-state index in [9.17, 15) is 0 Å². The third-order valence-corrected chi connectivity index (χ3v) is 11.3. The van der Waals surface area contributed by atoms with E-state index in [4.69, 9.17) is 69.6 Å². The maximum atomic E-state index is 5.86. The van der Waals surface area contributed by atoms with Crippen LogP contribution in [0.4, 0.5) is 0 Å². The summed E-state index contributed by atoms with van der Waals surface area (Å²) in [6, 6.07) is 36.9. The van der Waals surface area contributed by atoms with Gasteiger partial charge in [-0.05, 0) is 24.7 Å². The summed E-state index contributed by atoms with van der Waals surface area (Å²) in [7, 11) is 0. The quantitative estimate of drug-likeness (QED) is 0.120. The van der Waals surface area contributed by atoms with Gasteiger partial charge in [0.1, 0.15) is 0 Å². The van der Waals surface area contributed by atoms with Gasteiger partial charge in [-0.2, -0.15) is 18.2 Å². The summed E-state index contributed by atoms with van der Waals surface area (Å²) in [5.74, 6) is 0. The van der Waals surface area contributed by atoms with Gasteiger partial charge in [-0.25, -0.2) is 12.1 Å². The SMILES string of the molecule is Cc1cc2[cH-]c3cc(C)c(C(C)(C)C)cc3c2cc1C(C)(C)C.ClC(Cl)(Cl)c1ccc([C](=[Zr+2])c2ccc(C(Cl)(Cl)Cl)cc2)cc1.c1cc[cH-]c1. The maximum Gasteiger partial charge on any atom is -0.172 e. The number of rotatable bonds is 2. The third kappa shape index (κ3) is 10.6. The molecule has 260 valence electrons. The Morgan fingerprint density at radius 3 is 1.14 bits per heavy atom. The predicted octanol–water partition coefficient (Wildman–Crippen LogP) is 14.8. The molecule has 0 saturated heterocycles. The van der Waals surface area contributed by atoms with E-state index in [2.05, 4.69) is 85.7 Å². The zero-order chi connectivity index (χ0) is 37.2. The second kappa shape index (κ2) is 16.3. The molecule has 0 aromatic heterocycles. The summed E-state index contributed by atoms with van der Waals surface area (Å²) in [5, 5.41) is 5.55. The number of fused-ring (bicyclic) bond motifs is 3. The molecular formula is C43H42Cl6Zr. The van der Waals surface area contributed by atoms with Gasteiger partial charge in [0.05, 0.1) is 0 Å². The number of halogens is 6. The molecule has 0 atom stereocenters. The summed E-state index contributed by atoms with van der Waals surface area (Å²) in [6.07, 6.45) is 0. The molecule has 0 fully saturated rings. The normalized spacial score (nSPS) is 12.3. The van der Waals surface area contributed by atoms with Crippen molar-refractivity contribution in [3.63, 3.8) is 0 Å². The standard InChI is InChI=1S/C23H29.C15H8Cl6.C5H5.Zr/c1-14-9-16-11-17-10-15(2)21(23(6,7)8)13-19(17)18(16)12-20(14)22(3,4)5;16-14(17,18)12-5-1-10(2-6-12)9-11-3-7-13(8-4-11)15(19,20)21;1-2-4-5-3-1;/h9-13H,1-8H3;1-8H;1-5H;/q-1;;-1;+2. The maximum absolute atomic E-state index is 5.86. The third-order valence-electron chi connectivity index (χ3n) is 8.57. The first kappa shape index (κ1) is 41.4. The van der Waals surface area contributed by atoms with E-state index in [0.29, 0.717) is 11.1 Å². The van der Waals surface area contributed by atoms with Crippen molar-refractivity contribution >= 4 is 94.4 Å². The van der Waals surface area contributed by atoms with Crippen molar-refractivity contribution in [1.29, 1.82) is 0 Å². The van der Waals surface area contributed by atoms with Crippen LogP contribution in [0, 0.1) is 13.8 Å². The van der Waals surface area contributed by atoms with E-state index in [-0.39, 0.29) is 10.8 Å². The first-order valence-corrected chi connectivity index (χ1v) is 19.8. The van der Waals surface area contributed by atoms with Crippen molar-refractivity contribution in [3.05, 3.63) is 154 Å². The molecule has 0 amide bonds. The average molecular weight is 863 g/mol. The van der Waals surface area contributed by atoms with Crippen LogP contribution in [0.1, 0.15) is 86.1 Å². The number of benzene rings is 4. The zero-order valence-electron chi connectivity index (χ0n) is 29.7. The molecule has 0 nitrogen and oxygen atoms in total. The van der Waals surface area contributed by atoms with Gasteiger partial charge in [-0.3, -0.25) is 0 Å². The van der Waals surface area contributed by atoms with Crippen LogP contribution in [0.3, 0.4) is 0 Å². The minimum atomic E-state index is -1.41. The van der Waals surface area contributed by atoms with Crippen LogP contribution in [0.25, 0.3) is 21.5 Å². The largest absolute Gasteiger partial charge is 0.214 e. The molecule has 0 aliphatic carbocycles. The van der Waals surface area contributed by atoms with Gasteiger partial charge in [-0.15, -0.1) is 39.7 Å². The molecule has 0 aliphatic rings. The second-order valence-corrected chi connectivity index (χ2v) is 20.4. The Balaban J connectivity index is 0.000000197. The van der Waals surface area contributed by atoms with Gasteiger partial charge in [-0.1, -0.05) is 75.9 Å². The van der Waals surface area contributed by atoms with Crippen LogP contribution in [0.5, 0.6) is 0 Å². The molecule has 50 heavy (non-hydrogen) atoms. The van der Waals surface area contributed by atoms with Gasteiger partial charge in [0.15, 0.2) is 0 Å². The van der Waals surface area contributed by atoms with Crippen LogP contribution < -0.4 is 0 Å². The Bertz CT molecular complexity index is 1890. The first-order chi connectivity index (χ1) is 23.1. The Kier molecular flexibility index (Phi) is 13.5. The molecule has 6 rings (SSSR count). The predicted molar refractivity (Wildman–Crippen MR) is 221 cm³/mol. The van der Waals surface area contributed by atoms with Gasteiger partial charge in [0.2, 0.25) is 0 Å². The minimum absolute atomic E-state index is 0.180. The van der Waals surface area contributed by atoms with Crippen molar-refractivity contribution in [3.8, 4) is 0 Å². The van der Waals surface area contributed by atoms with Crippen molar-refractivity contribution < 1.29 is 24.2 Å². The van der Waals surface area contributed by atoms with E-state index < -0.39 is 7.59 Å². The molecular weight excluding hydrogens is 820 g/mol. The fourth-order valence-electron chi connectivity index (χ4n) is 6.09. The van der Waals surface area contributed by atoms with Crippen LogP contribution in [-0.4, -0.2) is 3.21 Å². The van der Waals surface area contributed by atoms with Gasteiger partial charge >= 0.3 is 175 Å². The van der Waals surface area contributed by atoms with Gasteiger partial charge in [0, 0.05) is 0 Å². The van der Waals surface area contributed by atoms with E-state index in [0.717, 1.165) is 11.1 Å². The summed E-state index contributed by atoms with van der Waals surface area (Å²) in [6.45, 7) is 18.3. The van der Waals surface area contributed by atoms with Crippen LogP contribution >= 0.6 is 69.6 Å². The smallest absolute Gasteiger partial charge is 0.172 e. The van der Waals surface area contributed by atoms with Crippen molar-refractivity contribution in [2.24, 2.45) is 0 Å². The molecule has 0 saturated carbocycles. The monoisotopic (exact) mass is 858 g/mol. The number of aryl methyl sites for hydroxylation is 2. The first-order valence-electron chi connectivity index (χ1n) is 16.3. The molecule has 0 unspecified atom stereocenters. The fraction of sp³-hybridized carbons (Fsp3) is 0.279. The van der Waals surface area contributed by atoms with E-state index in [1.165, 1.54) is 71.2 Å². The van der Waals surface area contributed by atoms with Crippen molar-refractivity contribution in [2.45, 2.75) is 73.8 Å². The topological polar surface area (TPSA) is 0 Å². The molecule has 0 N–H and O–H groups in total. The molecule has 6 aromatic rings. The average Bonchev–Trinajstić information content (AvgIpc) is 3.70. The minimum Gasteiger partial charge on any atom is -0.214 e. The fourth-order valence-corrected chi connectivity index (χ4v) is 7.66. The zero-order valence-corrected chi connectivity index (χ0v) is 36.7. The number of hydrogen-bond acceptors (Lipinski definition) is 0. The molecule has 0 radical (unpaired) electrons. The van der Waals surface area contributed by atoms with Gasteiger partial charge in [0.25, 0.3) is 0 Å². The van der Waals surface area contributed by atoms with Crippen molar-refractivity contribution in [1.82, 2.24) is 0 Å². The molecule has 0 aliphatic heterocycles. The molecule has 7 heteroatoms. The summed E-state index contributed by atoms with van der Waals surface area (Å²) >= 11 is 36.4. The molecule has 6 aromatic carbocycles. The number of hydrogen-bond donors (Lipinski definition) is 0. The second-order valence-electron chi connectivity index (χ2n) is 14.6. The molecule has 0 spiro atoms. The molecule has 0 heterocycles. The Morgan fingerprint density at radius 2 is 0.880 bits per heavy atom. The number of alkyl halides is 6.